The van der Waals surface area contributed by atoms with Gasteiger partial charge >= 0.3 is 0 Å². The fourth-order valence-corrected chi connectivity index (χ4v) is 1.59. The highest BCUT2D eigenvalue weighted by molar-refractivity contribution is 5.93. The van der Waals surface area contributed by atoms with Crippen molar-refractivity contribution in [2.75, 3.05) is 0 Å². The van der Waals surface area contributed by atoms with Crippen LogP contribution in [-0.2, 0) is 0 Å². The molecule has 0 bridgehead atoms. The van der Waals surface area contributed by atoms with E-state index in [0.29, 0.717) is 0 Å². The number of aromatic amines is 1. The number of hydrogen-bond donors (Lipinski definition) is 1. The SMILES string of the molecule is c1ccc2c(-c3cn[nH]c3)occ2c1. The van der Waals surface area contributed by atoms with Crippen molar-refractivity contribution in [1.82, 2.24) is 10.2 Å². The molecule has 0 unspecified atom stereocenters. The van der Waals surface area contributed by atoms with Crippen LogP contribution >= 0.6 is 0 Å². The lowest BCUT2D eigenvalue weighted by molar-refractivity contribution is 0.587. The van der Waals surface area contributed by atoms with Crippen LogP contribution in [0.15, 0.2) is 47.3 Å². The van der Waals surface area contributed by atoms with Crippen LogP contribution in [0.1, 0.15) is 0 Å². The topological polar surface area (TPSA) is 41.8 Å². The number of nitrogens with one attached hydrogen (secondary N) is 1. The van der Waals surface area contributed by atoms with E-state index in [1.807, 2.05) is 30.5 Å². The highest BCUT2D eigenvalue weighted by atomic mass is 16.3. The van der Waals surface area contributed by atoms with Crippen molar-refractivity contribution >= 4 is 10.8 Å². The van der Waals surface area contributed by atoms with Crippen molar-refractivity contribution in [3.05, 3.63) is 42.9 Å². The summed E-state index contributed by atoms with van der Waals surface area (Å²) in [6.07, 6.45) is 5.34. The molecule has 0 fully saturated rings. The maximum absolute atomic E-state index is 5.50. The summed E-state index contributed by atoms with van der Waals surface area (Å²) in [5.41, 5.74) is 0.978. The zero-order valence-corrected chi connectivity index (χ0v) is 7.40. The van der Waals surface area contributed by atoms with Crippen molar-refractivity contribution in [3.8, 4) is 11.3 Å². The summed E-state index contributed by atoms with van der Waals surface area (Å²) in [6.45, 7) is 0. The van der Waals surface area contributed by atoms with Gasteiger partial charge in [-0.3, -0.25) is 5.10 Å². The predicted molar refractivity (Wildman–Crippen MR) is 53.8 cm³/mol. The number of hydrogen-bond acceptors (Lipinski definition) is 2. The monoisotopic (exact) mass is 184 g/mol. The van der Waals surface area contributed by atoms with Crippen LogP contribution in [0.25, 0.3) is 22.1 Å². The molecule has 1 N–H and O–H groups in total. The first kappa shape index (κ1) is 7.38. The first-order valence-corrected chi connectivity index (χ1v) is 4.40. The van der Waals surface area contributed by atoms with Gasteiger partial charge in [-0.1, -0.05) is 24.3 Å². The maximum atomic E-state index is 5.50. The van der Waals surface area contributed by atoms with Gasteiger partial charge in [-0.2, -0.15) is 5.10 Å². The second kappa shape index (κ2) is 2.73. The van der Waals surface area contributed by atoms with Crippen molar-refractivity contribution in [2.45, 2.75) is 0 Å². The van der Waals surface area contributed by atoms with E-state index in [1.54, 1.807) is 12.5 Å². The van der Waals surface area contributed by atoms with Crippen LogP contribution in [0.2, 0.25) is 0 Å². The molecule has 2 aromatic heterocycles. The van der Waals surface area contributed by atoms with E-state index in [2.05, 4.69) is 10.2 Å². The van der Waals surface area contributed by atoms with Crippen molar-refractivity contribution in [2.24, 2.45) is 0 Å². The summed E-state index contributed by atoms with van der Waals surface area (Å²) in [4.78, 5) is 0. The molecule has 0 saturated heterocycles. The van der Waals surface area contributed by atoms with Crippen molar-refractivity contribution < 1.29 is 4.42 Å². The Hall–Kier alpha value is -2.03. The Morgan fingerprint density at radius 3 is 3.00 bits per heavy atom. The molecule has 0 spiro atoms. The first-order chi connectivity index (χ1) is 6.95. The normalized spacial score (nSPS) is 10.9. The van der Waals surface area contributed by atoms with Crippen molar-refractivity contribution in [1.29, 1.82) is 0 Å². The van der Waals surface area contributed by atoms with Crippen LogP contribution in [-0.4, -0.2) is 10.2 Å². The lowest BCUT2D eigenvalue weighted by Crippen LogP contribution is -1.69. The lowest BCUT2D eigenvalue weighted by Gasteiger charge is -1.91. The second-order valence-corrected chi connectivity index (χ2v) is 3.14. The summed E-state index contributed by atoms with van der Waals surface area (Å²) < 4.78 is 5.50. The van der Waals surface area contributed by atoms with E-state index in [0.717, 1.165) is 22.1 Å². The van der Waals surface area contributed by atoms with Crippen LogP contribution in [0, 0.1) is 0 Å². The van der Waals surface area contributed by atoms with E-state index in [-0.39, 0.29) is 0 Å². The Morgan fingerprint density at radius 2 is 2.14 bits per heavy atom. The fraction of sp³-hybridized carbons (Fsp3) is 0. The molecular formula is C11H8N2O. The molecule has 3 nitrogen and oxygen atoms in total. The molecule has 0 aliphatic heterocycles. The molecule has 0 saturated carbocycles. The van der Waals surface area contributed by atoms with E-state index in [9.17, 15) is 0 Å². The lowest BCUT2D eigenvalue weighted by atomic mass is 10.1. The Kier molecular flexibility index (Phi) is 1.44. The molecular weight excluding hydrogens is 176 g/mol. The third-order valence-corrected chi connectivity index (χ3v) is 2.27. The minimum atomic E-state index is 0.870. The van der Waals surface area contributed by atoms with Gasteiger partial charge in [-0.15, -0.1) is 0 Å². The maximum Gasteiger partial charge on any atom is 0.144 e. The average Bonchev–Trinajstić information content (AvgIpc) is 2.85. The van der Waals surface area contributed by atoms with Crippen LogP contribution in [0.3, 0.4) is 0 Å². The van der Waals surface area contributed by atoms with Gasteiger partial charge in [-0.25, -0.2) is 0 Å². The highest BCUT2D eigenvalue weighted by Crippen LogP contribution is 2.29. The second-order valence-electron chi connectivity index (χ2n) is 3.14. The number of H-pyrrole nitrogens is 1. The number of furan rings is 1. The number of fused-ring (bicyclic) bond motifs is 1. The quantitative estimate of drug-likeness (QED) is 0.631. The average molecular weight is 184 g/mol. The van der Waals surface area contributed by atoms with Gasteiger partial charge in [0.15, 0.2) is 0 Å². The molecule has 2 heterocycles. The summed E-state index contributed by atoms with van der Waals surface area (Å²) in [5, 5.41) is 8.91. The molecule has 14 heavy (non-hydrogen) atoms. The number of rotatable bonds is 1. The Morgan fingerprint density at radius 1 is 1.21 bits per heavy atom. The molecule has 3 heteroatoms. The summed E-state index contributed by atoms with van der Waals surface area (Å²) >= 11 is 0. The Labute approximate surface area is 80.4 Å². The molecule has 3 aromatic rings. The summed E-state index contributed by atoms with van der Waals surface area (Å²) in [5.74, 6) is 0.870. The molecule has 0 radical (unpaired) electrons. The number of nitrogens with zero attached hydrogens (tertiary/aromatic N) is 1. The minimum Gasteiger partial charge on any atom is -0.463 e. The smallest absolute Gasteiger partial charge is 0.144 e. The van der Waals surface area contributed by atoms with Crippen molar-refractivity contribution in [3.63, 3.8) is 0 Å². The van der Waals surface area contributed by atoms with Gasteiger partial charge in [-0.05, 0) is 0 Å². The van der Waals surface area contributed by atoms with Gasteiger partial charge in [0.1, 0.15) is 5.76 Å². The largest absolute Gasteiger partial charge is 0.463 e. The minimum absolute atomic E-state index is 0.870. The Balaban J connectivity index is 2.33. The molecule has 0 aliphatic rings. The molecule has 0 amide bonds. The van der Waals surface area contributed by atoms with Gasteiger partial charge in [0.2, 0.25) is 0 Å². The standard InChI is InChI=1S/C11H8N2O/c1-2-4-10-8(3-1)7-14-11(10)9-5-12-13-6-9/h1-7H,(H,12,13). The van der Waals surface area contributed by atoms with Gasteiger partial charge in [0.25, 0.3) is 0 Å². The van der Waals surface area contributed by atoms with E-state index < -0.39 is 0 Å². The summed E-state index contributed by atoms with van der Waals surface area (Å²) in [6, 6.07) is 8.07. The third-order valence-electron chi connectivity index (χ3n) is 2.27. The molecule has 3 rings (SSSR count). The molecule has 0 aliphatic carbocycles. The Bertz CT molecular complexity index is 551. The summed E-state index contributed by atoms with van der Waals surface area (Å²) in [7, 11) is 0. The zero-order chi connectivity index (χ0) is 9.38. The number of benzene rings is 1. The van der Waals surface area contributed by atoms with Gasteiger partial charge in [0.05, 0.1) is 18.0 Å². The predicted octanol–water partition coefficient (Wildman–Crippen LogP) is 2.82. The van der Waals surface area contributed by atoms with Crippen LogP contribution in [0.4, 0.5) is 0 Å². The number of aromatic nitrogens is 2. The fourth-order valence-electron chi connectivity index (χ4n) is 1.59. The van der Waals surface area contributed by atoms with E-state index >= 15 is 0 Å². The zero-order valence-electron chi connectivity index (χ0n) is 7.40. The van der Waals surface area contributed by atoms with Crippen LogP contribution in [0.5, 0.6) is 0 Å². The highest BCUT2D eigenvalue weighted by Gasteiger charge is 2.07. The first-order valence-electron chi connectivity index (χ1n) is 4.40. The molecule has 68 valence electrons. The third kappa shape index (κ3) is 0.956. The van der Waals surface area contributed by atoms with Gasteiger partial charge in [0, 0.05) is 17.0 Å². The van der Waals surface area contributed by atoms with Gasteiger partial charge < -0.3 is 4.42 Å². The van der Waals surface area contributed by atoms with E-state index in [4.69, 9.17) is 4.42 Å². The van der Waals surface area contributed by atoms with E-state index in [1.165, 1.54) is 0 Å². The molecule has 1 aromatic carbocycles. The molecule has 0 atom stereocenters. The van der Waals surface area contributed by atoms with Crippen LogP contribution < -0.4 is 0 Å².